The molecule has 0 aliphatic heterocycles. The number of sulfonamides is 1. The molecule has 0 aliphatic rings. The van der Waals surface area contributed by atoms with E-state index >= 15 is 0 Å². The minimum absolute atomic E-state index is 0.296. The summed E-state index contributed by atoms with van der Waals surface area (Å²) < 4.78 is 43.3. The number of esters is 1. The van der Waals surface area contributed by atoms with Crippen molar-refractivity contribution in [3.8, 4) is 0 Å². The highest BCUT2D eigenvalue weighted by atomic mass is 32.2. The van der Waals surface area contributed by atoms with Crippen LogP contribution in [0.25, 0.3) is 0 Å². The molecule has 0 fully saturated rings. The molecular formula is C11H12FNO6S. The number of carboxylic acid groups (broad SMARTS) is 1. The lowest BCUT2D eigenvalue weighted by Crippen LogP contribution is -2.38. The molecular weight excluding hydrogens is 293 g/mol. The SMILES string of the molecule is COC(=O)c1cc(F)cc(S(=O)(=O)N[C@H](C)C(=O)O)c1. The molecule has 0 saturated carbocycles. The molecule has 0 unspecified atom stereocenters. The van der Waals surface area contributed by atoms with Crippen LogP contribution in [0, 0.1) is 5.82 Å². The lowest BCUT2D eigenvalue weighted by Gasteiger charge is -2.11. The van der Waals surface area contributed by atoms with E-state index in [0.29, 0.717) is 6.07 Å². The second-order valence-electron chi connectivity index (χ2n) is 3.85. The molecule has 1 aromatic carbocycles. The third-order valence-electron chi connectivity index (χ3n) is 2.31. The molecule has 0 radical (unpaired) electrons. The first-order valence-electron chi connectivity index (χ1n) is 5.31. The number of methoxy groups -OCH3 is 1. The minimum atomic E-state index is -4.27. The van der Waals surface area contributed by atoms with Crippen molar-refractivity contribution in [3.63, 3.8) is 0 Å². The fraction of sp³-hybridized carbons (Fsp3) is 0.273. The van der Waals surface area contributed by atoms with Crippen molar-refractivity contribution in [2.45, 2.75) is 17.9 Å². The molecule has 1 aromatic rings. The summed E-state index contributed by atoms with van der Waals surface area (Å²) in [5.74, 6) is -3.26. The van der Waals surface area contributed by atoms with Crippen molar-refractivity contribution in [1.82, 2.24) is 4.72 Å². The maximum Gasteiger partial charge on any atom is 0.337 e. The molecule has 1 rings (SSSR count). The fourth-order valence-electron chi connectivity index (χ4n) is 1.30. The van der Waals surface area contributed by atoms with Gasteiger partial charge < -0.3 is 9.84 Å². The first-order valence-corrected chi connectivity index (χ1v) is 6.79. The maximum absolute atomic E-state index is 13.3. The average Bonchev–Trinajstić information content (AvgIpc) is 2.36. The zero-order valence-corrected chi connectivity index (χ0v) is 11.4. The van der Waals surface area contributed by atoms with Crippen LogP contribution in [0.1, 0.15) is 17.3 Å². The second kappa shape index (κ2) is 5.97. The summed E-state index contributed by atoms with van der Waals surface area (Å²) >= 11 is 0. The fourth-order valence-corrected chi connectivity index (χ4v) is 2.56. The molecule has 0 aromatic heterocycles. The van der Waals surface area contributed by atoms with E-state index in [-0.39, 0.29) is 5.56 Å². The Balaban J connectivity index is 3.22. The van der Waals surface area contributed by atoms with Gasteiger partial charge in [0, 0.05) is 0 Å². The quantitative estimate of drug-likeness (QED) is 0.760. The van der Waals surface area contributed by atoms with E-state index < -0.39 is 38.7 Å². The monoisotopic (exact) mass is 305 g/mol. The predicted octanol–water partition coefficient (Wildman–Crippen LogP) is 0.364. The molecule has 2 N–H and O–H groups in total. The average molecular weight is 305 g/mol. The number of benzene rings is 1. The van der Waals surface area contributed by atoms with Crippen LogP contribution in [0.15, 0.2) is 23.1 Å². The van der Waals surface area contributed by atoms with E-state index in [0.717, 1.165) is 26.2 Å². The number of aliphatic carboxylic acids is 1. The van der Waals surface area contributed by atoms with Crippen molar-refractivity contribution in [1.29, 1.82) is 0 Å². The Kier molecular flexibility index (Phi) is 4.79. The number of carbonyl (C=O) groups is 2. The number of hydrogen-bond acceptors (Lipinski definition) is 5. The molecule has 0 aliphatic carbocycles. The highest BCUT2D eigenvalue weighted by Crippen LogP contribution is 2.15. The summed E-state index contributed by atoms with van der Waals surface area (Å²) in [7, 11) is -3.21. The van der Waals surface area contributed by atoms with Gasteiger partial charge in [0.1, 0.15) is 11.9 Å². The van der Waals surface area contributed by atoms with Crippen molar-refractivity contribution in [2.24, 2.45) is 0 Å². The van der Waals surface area contributed by atoms with E-state index in [1.807, 2.05) is 4.72 Å². The van der Waals surface area contributed by atoms with Gasteiger partial charge in [0.25, 0.3) is 0 Å². The van der Waals surface area contributed by atoms with Crippen molar-refractivity contribution >= 4 is 22.0 Å². The number of ether oxygens (including phenoxy) is 1. The van der Waals surface area contributed by atoms with Gasteiger partial charge in [-0.05, 0) is 25.1 Å². The molecule has 7 nitrogen and oxygen atoms in total. The molecule has 1 atom stereocenters. The summed E-state index contributed by atoms with van der Waals surface area (Å²) in [4.78, 5) is 21.3. The number of carbonyl (C=O) groups excluding carboxylic acids is 1. The lowest BCUT2D eigenvalue weighted by atomic mass is 10.2. The Hall–Kier alpha value is -2.00. The van der Waals surface area contributed by atoms with Gasteiger partial charge in [0.15, 0.2) is 0 Å². The van der Waals surface area contributed by atoms with E-state index in [1.54, 1.807) is 0 Å². The summed E-state index contributed by atoms with van der Waals surface area (Å²) in [6.07, 6.45) is 0. The number of halogens is 1. The first kappa shape index (κ1) is 16.1. The van der Waals surface area contributed by atoms with Crippen LogP contribution in [0.4, 0.5) is 4.39 Å². The summed E-state index contributed by atoms with van der Waals surface area (Å²) in [6, 6.07) is 0.977. The van der Waals surface area contributed by atoms with Gasteiger partial charge in [-0.15, -0.1) is 0 Å². The smallest absolute Gasteiger partial charge is 0.337 e. The van der Waals surface area contributed by atoms with Crippen LogP contribution in [0.5, 0.6) is 0 Å². The topological polar surface area (TPSA) is 110 Å². The standard InChI is InChI=1S/C11H12FNO6S/c1-6(10(14)15)13-20(17,18)9-4-7(11(16)19-2)3-8(12)5-9/h3-6,13H,1-2H3,(H,14,15)/t6-/m1/s1. The first-order chi connectivity index (χ1) is 9.17. The Morgan fingerprint density at radius 2 is 1.95 bits per heavy atom. The molecule has 0 amide bonds. The Morgan fingerprint density at radius 3 is 2.45 bits per heavy atom. The van der Waals surface area contributed by atoms with Crippen LogP contribution >= 0.6 is 0 Å². The number of carboxylic acids is 1. The highest BCUT2D eigenvalue weighted by molar-refractivity contribution is 7.89. The Labute approximate surface area is 114 Å². The van der Waals surface area contributed by atoms with Gasteiger partial charge in [-0.25, -0.2) is 17.6 Å². The molecule has 0 bridgehead atoms. The van der Waals surface area contributed by atoms with Gasteiger partial charge >= 0.3 is 11.9 Å². The van der Waals surface area contributed by atoms with E-state index in [2.05, 4.69) is 4.74 Å². The van der Waals surface area contributed by atoms with E-state index in [9.17, 15) is 22.4 Å². The van der Waals surface area contributed by atoms with E-state index in [4.69, 9.17) is 5.11 Å². The highest BCUT2D eigenvalue weighted by Gasteiger charge is 2.23. The van der Waals surface area contributed by atoms with Crippen LogP contribution in [-0.2, 0) is 19.6 Å². The van der Waals surface area contributed by atoms with Crippen molar-refractivity contribution < 1.29 is 32.2 Å². The predicted molar refractivity (Wildman–Crippen MR) is 65.2 cm³/mol. The minimum Gasteiger partial charge on any atom is -0.480 e. The largest absolute Gasteiger partial charge is 0.480 e. The van der Waals surface area contributed by atoms with Crippen LogP contribution in [0.3, 0.4) is 0 Å². The zero-order valence-electron chi connectivity index (χ0n) is 10.6. The maximum atomic E-state index is 13.3. The van der Waals surface area contributed by atoms with Crippen LogP contribution in [0.2, 0.25) is 0 Å². The number of rotatable bonds is 5. The normalized spacial score (nSPS) is 12.8. The molecule has 20 heavy (non-hydrogen) atoms. The van der Waals surface area contributed by atoms with Gasteiger partial charge in [-0.1, -0.05) is 0 Å². The van der Waals surface area contributed by atoms with Gasteiger partial charge in [-0.2, -0.15) is 4.72 Å². The van der Waals surface area contributed by atoms with E-state index in [1.165, 1.54) is 0 Å². The number of nitrogens with one attached hydrogen (secondary N) is 1. The molecule has 0 spiro atoms. The van der Waals surface area contributed by atoms with Gasteiger partial charge in [-0.3, -0.25) is 4.79 Å². The molecule has 110 valence electrons. The van der Waals surface area contributed by atoms with Crippen molar-refractivity contribution in [2.75, 3.05) is 7.11 Å². The third-order valence-corrected chi connectivity index (χ3v) is 3.83. The zero-order chi connectivity index (χ0) is 15.5. The van der Waals surface area contributed by atoms with Crippen molar-refractivity contribution in [3.05, 3.63) is 29.6 Å². The second-order valence-corrected chi connectivity index (χ2v) is 5.56. The Morgan fingerprint density at radius 1 is 1.35 bits per heavy atom. The lowest BCUT2D eigenvalue weighted by molar-refractivity contribution is -0.138. The number of hydrogen-bond donors (Lipinski definition) is 2. The molecule has 9 heteroatoms. The Bertz CT molecular complexity index is 642. The summed E-state index contributed by atoms with van der Waals surface area (Å²) in [5.41, 5.74) is -0.296. The molecule has 0 heterocycles. The summed E-state index contributed by atoms with van der Waals surface area (Å²) in [6.45, 7) is 1.11. The summed E-state index contributed by atoms with van der Waals surface area (Å²) in [5, 5.41) is 8.65. The van der Waals surface area contributed by atoms with Crippen LogP contribution < -0.4 is 4.72 Å². The molecule has 0 saturated heterocycles. The van der Waals surface area contributed by atoms with Crippen LogP contribution in [-0.4, -0.2) is 38.6 Å². The van der Waals surface area contributed by atoms with Gasteiger partial charge in [0.05, 0.1) is 17.6 Å². The van der Waals surface area contributed by atoms with Gasteiger partial charge in [0.2, 0.25) is 10.0 Å². The third kappa shape index (κ3) is 3.75.